The van der Waals surface area contributed by atoms with Gasteiger partial charge in [-0.25, -0.2) is 0 Å². The Kier molecular flexibility index (Phi) is 1.96. The Morgan fingerprint density at radius 2 is 2.00 bits per heavy atom. The van der Waals surface area contributed by atoms with E-state index in [1.54, 1.807) is 12.4 Å². The molecule has 3 rings (SSSR count). The Morgan fingerprint density at radius 3 is 2.81 bits per heavy atom. The van der Waals surface area contributed by atoms with Gasteiger partial charge in [0.15, 0.2) is 5.58 Å². The van der Waals surface area contributed by atoms with Crippen LogP contribution in [-0.4, -0.2) is 4.98 Å². The van der Waals surface area contributed by atoms with Gasteiger partial charge in [-0.05, 0) is 17.5 Å². The van der Waals surface area contributed by atoms with Crippen LogP contribution in [0.4, 0.5) is 0 Å². The first-order chi connectivity index (χ1) is 7.77. The predicted molar refractivity (Wildman–Crippen MR) is 65.6 cm³/mol. The number of rotatable bonds is 1. The van der Waals surface area contributed by atoms with E-state index in [4.69, 9.17) is 4.42 Å². The lowest BCUT2D eigenvalue weighted by Gasteiger charge is -2.04. The van der Waals surface area contributed by atoms with Crippen molar-refractivity contribution in [2.75, 3.05) is 0 Å². The first-order valence-corrected chi connectivity index (χ1v) is 5.52. The second-order valence-electron chi connectivity index (χ2n) is 4.35. The van der Waals surface area contributed by atoms with E-state index in [2.05, 4.69) is 37.0 Å². The normalized spacial score (nSPS) is 11.7. The van der Waals surface area contributed by atoms with Gasteiger partial charge in [0.05, 0.1) is 6.20 Å². The number of fused-ring (bicyclic) bond motifs is 3. The molecule has 0 fully saturated rings. The van der Waals surface area contributed by atoms with E-state index in [-0.39, 0.29) is 0 Å². The van der Waals surface area contributed by atoms with Crippen molar-refractivity contribution in [2.24, 2.45) is 0 Å². The number of para-hydroxylation sites is 1. The zero-order valence-electron chi connectivity index (χ0n) is 9.40. The van der Waals surface area contributed by atoms with Gasteiger partial charge in [-0.3, -0.25) is 4.98 Å². The number of aromatic nitrogens is 1. The first-order valence-electron chi connectivity index (χ1n) is 5.52. The Bertz CT molecular complexity index is 652. The molecule has 1 aromatic carbocycles. The minimum atomic E-state index is 0.470. The summed E-state index contributed by atoms with van der Waals surface area (Å²) in [5.41, 5.74) is 3.12. The molecule has 0 aliphatic rings. The molecule has 0 spiro atoms. The summed E-state index contributed by atoms with van der Waals surface area (Å²) in [4.78, 5) is 4.09. The number of benzene rings is 1. The van der Waals surface area contributed by atoms with Crippen LogP contribution in [0, 0.1) is 0 Å². The van der Waals surface area contributed by atoms with Crippen LogP contribution < -0.4 is 0 Å². The lowest BCUT2D eigenvalue weighted by atomic mass is 10.0. The van der Waals surface area contributed by atoms with E-state index < -0.39 is 0 Å². The summed E-state index contributed by atoms with van der Waals surface area (Å²) in [6.07, 6.45) is 3.58. The standard InChI is InChI=1S/C14H13NO/c1-9(2)10-4-3-5-12-11-6-7-15-8-13(11)16-14(10)12/h3-9H,1-2H3. The summed E-state index contributed by atoms with van der Waals surface area (Å²) in [6.45, 7) is 4.36. The third-order valence-electron chi connectivity index (χ3n) is 2.95. The number of hydrogen-bond acceptors (Lipinski definition) is 2. The summed E-state index contributed by atoms with van der Waals surface area (Å²) in [6, 6.07) is 8.33. The van der Waals surface area contributed by atoms with Gasteiger partial charge < -0.3 is 4.42 Å². The van der Waals surface area contributed by atoms with Crippen molar-refractivity contribution in [3.05, 3.63) is 42.2 Å². The van der Waals surface area contributed by atoms with Crippen LogP contribution in [0.5, 0.6) is 0 Å². The maximum atomic E-state index is 5.88. The van der Waals surface area contributed by atoms with Gasteiger partial charge >= 0.3 is 0 Å². The molecule has 0 unspecified atom stereocenters. The van der Waals surface area contributed by atoms with Gasteiger partial charge in [0, 0.05) is 17.0 Å². The first kappa shape index (κ1) is 9.40. The summed E-state index contributed by atoms with van der Waals surface area (Å²) >= 11 is 0. The fraction of sp³-hybridized carbons (Fsp3) is 0.214. The highest BCUT2D eigenvalue weighted by molar-refractivity contribution is 6.05. The van der Waals surface area contributed by atoms with E-state index in [9.17, 15) is 0 Å². The second-order valence-corrected chi connectivity index (χ2v) is 4.35. The molecule has 0 amide bonds. The van der Waals surface area contributed by atoms with Crippen molar-refractivity contribution < 1.29 is 4.42 Å². The highest BCUT2D eigenvalue weighted by Gasteiger charge is 2.11. The largest absolute Gasteiger partial charge is 0.454 e. The Morgan fingerprint density at radius 1 is 1.12 bits per heavy atom. The van der Waals surface area contributed by atoms with Crippen LogP contribution in [-0.2, 0) is 0 Å². The van der Waals surface area contributed by atoms with E-state index in [1.807, 2.05) is 6.07 Å². The molecule has 16 heavy (non-hydrogen) atoms. The van der Waals surface area contributed by atoms with Crippen LogP contribution in [0.25, 0.3) is 21.9 Å². The monoisotopic (exact) mass is 211 g/mol. The molecule has 2 aromatic heterocycles. The molecule has 2 heterocycles. The molecular weight excluding hydrogens is 198 g/mol. The molecule has 0 radical (unpaired) electrons. The predicted octanol–water partition coefficient (Wildman–Crippen LogP) is 4.10. The fourth-order valence-corrected chi connectivity index (χ4v) is 2.13. The van der Waals surface area contributed by atoms with Gasteiger partial charge in [-0.2, -0.15) is 0 Å². The van der Waals surface area contributed by atoms with Crippen LogP contribution in [0.2, 0.25) is 0 Å². The van der Waals surface area contributed by atoms with Gasteiger partial charge in [-0.15, -0.1) is 0 Å². The molecule has 3 aromatic rings. The maximum absolute atomic E-state index is 5.88. The van der Waals surface area contributed by atoms with Gasteiger partial charge in [-0.1, -0.05) is 32.0 Å². The molecule has 0 bridgehead atoms. The molecular formula is C14H13NO. The molecule has 80 valence electrons. The van der Waals surface area contributed by atoms with Crippen LogP contribution in [0.3, 0.4) is 0 Å². The average Bonchev–Trinajstić information content (AvgIpc) is 2.67. The van der Waals surface area contributed by atoms with Crippen LogP contribution >= 0.6 is 0 Å². The smallest absolute Gasteiger partial charge is 0.153 e. The fourth-order valence-electron chi connectivity index (χ4n) is 2.13. The average molecular weight is 211 g/mol. The van der Waals surface area contributed by atoms with Crippen molar-refractivity contribution >= 4 is 21.9 Å². The van der Waals surface area contributed by atoms with E-state index in [0.29, 0.717) is 5.92 Å². The molecule has 0 aliphatic carbocycles. The lowest BCUT2D eigenvalue weighted by molar-refractivity contribution is 0.655. The zero-order chi connectivity index (χ0) is 11.1. The summed E-state index contributed by atoms with van der Waals surface area (Å²) in [5.74, 6) is 0.470. The molecule has 0 saturated heterocycles. The third kappa shape index (κ3) is 1.23. The molecule has 2 nitrogen and oxygen atoms in total. The molecule has 0 atom stereocenters. The Balaban J connectivity index is 2.49. The van der Waals surface area contributed by atoms with Crippen molar-refractivity contribution in [1.82, 2.24) is 4.98 Å². The van der Waals surface area contributed by atoms with E-state index in [1.165, 1.54) is 10.9 Å². The Labute approximate surface area is 93.9 Å². The van der Waals surface area contributed by atoms with Crippen molar-refractivity contribution in [3.63, 3.8) is 0 Å². The summed E-state index contributed by atoms with van der Waals surface area (Å²) in [7, 11) is 0. The van der Waals surface area contributed by atoms with Crippen LogP contribution in [0.15, 0.2) is 41.1 Å². The third-order valence-corrected chi connectivity index (χ3v) is 2.95. The highest BCUT2D eigenvalue weighted by atomic mass is 16.3. The molecule has 2 heteroatoms. The summed E-state index contributed by atoms with van der Waals surface area (Å²) < 4.78 is 5.88. The van der Waals surface area contributed by atoms with Crippen molar-refractivity contribution in [1.29, 1.82) is 0 Å². The topological polar surface area (TPSA) is 26.0 Å². The van der Waals surface area contributed by atoms with Crippen molar-refractivity contribution in [3.8, 4) is 0 Å². The van der Waals surface area contributed by atoms with Crippen molar-refractivity contribution in [2.45, 2.75) is 19.8 Å². The van der Waals surface area contributed by atoms with Gasteiger partial charge in [0.2, 0.25) is 0 Å². The van der Waals surface area contributed by atoms with Gasteiger partial charge in [0.25, 0.3) is 0 Å². The Hall–Kier alpha value is -1.83. The van der Waals surface area contributed by atoms with E-state index in [0.717, 1.165) is 16.6 Å². The zero-order valence-corrected chi connectivity index (χ0v) is 9.40. The number of pyridine rings is 1. The lowest BCUT2D eigenvalue weighted by Crippen LogP contribution is -1.86. The SMILES string of the molecule is CC(C)c1cccc2c1oc1cnccc12. The minimum Gasteiger partial charge on any atom is -0.454 e. The summed E-state index contributed by atoms with van der Waals surface area (Å²) in [5, 5.41) is 2.33. The van der Waals surface area contributed by atoms with Crippen LogP contribution in [0.1, 0.15) is 25.3 Å². The highest BCUT2D eigenvalue weighted by Crippen LogP contribution is 2.32. The molecule has 0 saturated carbocycles. The second kappa shape index (κ2) is 3.34. The molecule has 0 N–H and O–H groups in total. The maximum Gasteiger partial charge on any atom is 0.153 e. The number of furan rings is 1. The molecule has 0 aliphatic heterocycles. The minimum absolute atomic E-state index is 0.470. The number of nitrogens with zero attached hydrogens (tertiary/aromatic N) is 1. The quantitative estimate of drug-likeness (QED) is 0.605. The van der Waals surface area contributed by atoms with E-state index >= 15 is 0 Å². The van der Waals surface area contributed by atoms with Gasteiger partial charge in [0.1, 0.15) is 5.58 Å². The number of hydrogen-bond donors (Lipinski definition) is 0.